The van der Waals surface area contributed by atoms with Crippen molar-refractivity contribution in [1.29, 1.82) is 0 Å². The lowest BCUT2D eigenvalue weighted by molar-refractivity contribution is 0.0953. The van der Waals surface area contributed by atoms with Gasteiger partial charge in [0.05, 0.1) is 7.11 Å². The molecule has 0 radical (unpaired) electrons. The highest BCUT2D eigenvalue weighted by Gasteiger charge is 2.26. The van der Waals surface area contributed by atoms with E-state index in [1.165, 1.54) is 11.6 Å². The molecular weight excluding hydrogens is 392 g/mol. The summed E-state index contributed by atoms with van der Waals surface area (Å²) in [5.41, 5.74) is 1.78. The quantitative estimate of drug-likeness (QED) is 0.345. The Bertz CT molecular complexity index is 883. The number of likely N-dealkylation sites (tertiary alicyclic amines) is 1. The van der Waals surface area contributed by atoms with Crippen LogP contribution in [0.15, 0.2) is 53.5 Å². The fraction of sp³-hybridized carbons (Fsp3) is 0.417. The van der Waals surface area contributed by atoms with E-state index in [0.29, 0.717) is 24.6 Å². The van der Waals surface area contributed by atoms with Crippen LogP contribution in [0, 0.1) is 0 Å². The van der Waals surface area contributed by atoms with Gasteiger partial charge in [-0.25, -0.2) is 0 Å². The van der Waals surface area contributed by atoms with Crippen LogP contribution in [0.5, 0.6) is 11.5 Å². The van der Waals surface area contributed by atoms with Crippen molar-refractivity contribution in [2.24, 2.45) is 4.99 Å². The summed E-state index contributed by atoms with van der Waals surface area (Å²) in [6.45, 7) is 5.96. The van der Waals surface area contributed by atoms with Crippen molar-refractivity contribution in [3.63, 3.8) is 0 Å². The Morgan fingerprint density at radius 3 is 2.74 bits per heavy atom. The maximum absolute atomic E-state index is 12.1. The van der Waals surface area contributed by atoms with E-state index < -0.39 is 0 Å². The number of benzene rings is 2. The van der Waals surface area contributed by atoms with Gasteiger partial charge in [-0.1, -0.05) is 18.2 Å². The number of guanidine groups is 1. The van der Waals surface area contributed by atoms with Crippen molar-refractivity contribution >= 4 is 11.9 Å². The Labute approximate surface area is 184 Å². The minimum Gasteiger partial charge on any atom is -0.508 e. The molecule has 1 fully saturated rings. The number of aliphatic imine (C=N–C) groups is 1. The largest absolute Gasteiger partial charge is 0.508 e. The van der Waals surface area contributed by atoms with Crippen molar-refractivity contribution in [2.75, 3.05) is 39.8 Å². The number of ether oxygens (including phenoxy) is 1. The van der Waals surface area contributed by atoms with Gasteiger partial charge in [-0.15, -0.1) is 0 Å². The molecule has 0 aromatic heterocycles. The first kappa shape index (κ1) is 22.5. The molecule has 2 aromatic rings. The Balaban J connectivity index is 1.47. The van der Waals surface area contributed by atoms with Gasteiger partial charge in [0.15, 0.2) is 5.96 Å². The van der Waals surface area contributed by atoms with Crippen LogP contribution in [-0.2, 0) is 0 Å². The van der Waals surface area contributed by atoms with Crippen molar-refractivity contribution in [3.8, 4) is 11.5 Å². The van der Waals surface area contributed by atoms with Crippen molar-refractivity contribution in [1.82, 2.24) is 15.5 Å². The van der Waals surface area contributed by atoms with Gasteiger partial charge in [0.1, 0.15) is 11.5 Å². The van der Waals surface area contributed by atoms with Crippen LogP contribution < -0.4 is 15.4 Å². The van der Waals surface area contributed by atoms with Gasteiger partial charge in [0.2, 0.25) is 0 Å². The number of methoxy groups -OCH3 is 1. The average molecular weight is 425 g/mol. The summed E-state index contributed by atoms with van der Waals surface area (Å²) < 4.78 is 5.26. The summed E-state index contributed by atoms with van der Waals surface area (Å²) in [6, 6.07) is 14.7. The molecule has 1 aliphatic heterocycles. The number of phenolic OH excluding ortho intramolecular Hbond substituents is 1. The molecule has 166 valence electrons. The van der Waals surface area contributed by atoms with Gasteiger partial charge in [-0.2, -0.15) is 0 Å². The van der Waals surface area contributed by atoms with Gasteiger partial charge < -0.3 is 25.4 Å². The highest BCUT2D eigenvalue weighted by atomic mass is 16.5. The number of aromatic hydroxyl groups is 1. The van der Waals surface area contributed by atoms with Gasteiger partial charge in [0.25, 0.3) is 5.91 Å². The standard InChI is InChI=1S/C24H32N4O3/c1-3-25-24(27-14-5-13-26-23(30)19-6-4-7-21(29)16-19)28-15-12-20(17-28)18-8-10-22(31-2)11-9-18/h4,6-11,16,20,29H,3,5,12-15,17H2,1-2H3,(H,25,27)(H,26,30). The molecule has 0 spiro atoms. The highest BCUT2D eigenvalue weighted by Crippen LogP contribution is 2.28. The molecule has 1 aliphatic rings. The maximum Gasteiger partial charge on any atom is 0.251 e. The molecule has 1 unspecified atom stereocenters. The zero-order valence-corrected chi connectivity index (χ0v) is 18.3. The van der Waals surface area contributed by atoms with Gasteiger partial charge in [-0.3, -0.25) is 9.79 Å². The lowest BCUT2D eigenvalue weighted by Gasteiger charge is -2.22. The number of carbonyl (C=O) groups excluding carboxylic acids is 1. The molecule has 0 bridgehead atoms. The Hall–Kier alpha value is -3.22. The third-order valence-corrected chi connectivity index (χ3v) is 5.40. The zero-order chi connectivity index (χ0) is 22.1. The molecule has 3 rings (SSSR count). The molecule has 0 saturated carbocycles. The smallest absolute Gasteiger partial charge is 0.251 e. The Kier molecular flexibility index (Phi) is 8.15. The number of amides is 1. The number of hydrogen-bond donors (Lipinski definition) is 3. The molecule has 1 amide bonds. The Morgan fingerprint density at radius 1 is 1.23 bits per heavy atom. The second-order valence-electron chi connectivity index (χ2n) is 7.60. The SMILES string of the molecule is CCNC(=NCCCNC(=O)c1cccc(O)c1)N1CCC(c2ccc(OC)cc2)C1. The normalized spacial score (nSPS) is 16.3. The molecule has 1 atom stereocenters. The minimum absolute atomic E-state index is 0.0890. The molecule has 1 saturated heterocycles. The number of rotatable bonds is 8. The lowest BCUT2D eigenvalue weighted by atomic mass is 9.98. The fourth-order valence-corrected chi connectivity index (χ4v) is 3.74. The van der Waals surface area contributed by atoms with Crippen LogP contribution in [0.1, 0.15) is 41.6 Å². The molecule has 7 nitrogen and oxygen atoms in total. The van der Waals surface area contributed by atoms with E-state index in [-0.39, 0.29) is 11.7 Å². The summed E-state index contributed by atoms with van der Waals surface area (Å²) >= 11 is 0. The van der Waals surface area contributed by atoms with Gasteiger partial charge >= 0.3 is 0 Å². The van der Waals surface area contributed by atoms with E-state index in [9.17, 15) is 9.90 Å². The summed E-state index contributed by atoms with van der Waals surface area (Å²) in [6.07, 6.45) is 1.84. The van der Waals surface area contributed by atoms with E-state index in [1.807, 2.05) is 12.1 Å². The van der Waals surface area contributed by atoms with Crippen molar-refractivity contribution in [3.05, 3.63) is 59.7 Å². The third kappa shape index (κ3) is 6.38. The summed E-state index contributed by atoms with van der Waals surface area (Å²) in [4.78, 5) is 19.2. The second kappa shape index (κ2) is 11.2. The molecule has 31 heavy (non-hydrogen) atoms. The van der Waals surface area contributed by atoms with Crippen LogP contribution in [0.2, 0.25) is 0 Å². The summed E-state index contributed by atoms with van der Waals surface area (Å²) in [5, 5.41) is 15.8. The highest BCUT2D eigenvalue weighted by molar-refractivity contribution is 5.94. The van der Waals surface area contributed by atoms with E-state index in [1.54, 1.807) is 25.3 Å². The van der Waals surface area contributed by atoms with E-state index in [0.717, 1.165) is 44.2 Å². The van der Waals surface area contributed by atoms with Gasteiger partial charge in [0, 0.05) is 44.2 Å². The lowest BCUT2D eigenvalue weighted by Crippen LogP contribution is -2.40. The van der Waals surface area contributed by atoms with E-state index >= 15 is 0 Å². The number of phenols is 1. The number of nitrogens with one attached hydrogen (secondary N) is 2. The first-order valence-electron chi connectivity index (χ1n) is 10.8. The summed E-state index contributed by atoms with van der Waals surface area (Å²) in [7, 11) is 1.68. The number of hydrogen-bond acceptors (Lipinski definition) is 4. The summed E-state index contributed by atoms with van der Waals surface area (Å²) in [5.74, 6) is 2.19. The molecule has 3 N–H and O–H groups in total. The third-order valence-electron chi connectivity index (χ3n) is 5.40. The Morgan fingerprint density at radius 2 is 2.03 bits per heavy atom. The van der Waals surface area contributed by atoms with Crippen LogP contribution in [-0.4, -0.2) is 61.7 Å². The molecule has 1 heterocycles. The monoisotopic (exact) mass is 424 g/mol. The molecule has 7 heteroatoms. The first-order chi connectivity index (χ1) is 15.1. The van der Waals surface area contributed by atoms with Crippen molar-refractivity contribution < 1.29 is 14.6 Å². The van der Waals surface area contributed by atoms with E-state index in [2.05, 4.69) is 34.6 Å². The fourth-order valence-electron chi connectivity index (χ4n) is 3.74. The topological polar surface area (TPSA) is 86.2 Å². The molecule has 0 aliphatic carbocycles. The molecular formula is C24H32N4O3. The van der Waals surface area contributed by atoms with Gasteiger partial charge in [-0.05, 0) is 55.7 Å². The van der Waals surface area contributed by atoms with Crippen LogP contribution >= 0.6 is 0 Å². The number of nitrogens with zero attached hydrogens (tertiary/aromatic N) is 2. The van der Waals surface area contributed by atoms with E-state index in [4.69, 9.17) is 9.73 Å². The van der Waals surface area contributed by atoms with Crippen LogP contribution in [0.25, 0.3) is 0 Å². The predicted octanol–water partition coefficient (Wildman–Crippen LogP) is 2.98. The maximum atomic E-state index is 12.1. The minimum atomic E-state index is -0.186. The predicted molar refractivity (Wildman–Crippen MR) is 123 cm³/mol. The zero-order valence-electron chi connectivity index (χ0n) is 18.3. The molecule has 2 aromatic carbocycles. The first-order valence-corrected chi connectivity index (χ1v) is 10.8. The van der Waals surface area contributed by atoms with Crippen LogP contribution in [0.3, 0.4) is 0 Å². The number of carbonyl (C=O) groups is 1. The van der Waals surface area contributed by atoms with Crippen LogP contribution in [0.4, 0.5) is 0 Å². The average Bonchev–Trinajstić information content (AvgIpc) is 3.28. The second-order valence-corrected chi connectivity index (χ2v) is 7.60. The van der Waals surface area contributed by atoms with Crippen molar-refractivity contribution in [2.45, 2.75) is 25.7 Å².